The van der Waals surface area contributed by atoms with E-state index in [4.69, 9.17) is 4.74 Å². The van der Waals surface area contributed by atoms with Crippen molar-refractivity contribution >= 4 is 23.4 Å². The van der Waals surface area contributed by atoms with Gasteiger partial charge in [-0.2, -0.15) is 0 Å². The van der Waals surface area contributed by atoms with E-state index in [1.165, 1.54) is 5.56 Å². The van der Waals surface area contributed by atoms with Crippen LogP contribution in [0.2, 0.25) is 0 Å². The molecule has 9 heteroatoms. The van der Waals surface area contributed by atoms with Crippen LogP contribution < -0.4 is 15.4 Å². The molecule has 0 spiro atoms. The number of benzene rings is 2. The smallest absolute Gasteiger partial charge is 0.243 e. The van der Waals surface area contributed by atoms with Crippen LogP contribution in [-0.4, -0.2) is 90.9 Å². The van der Waals surface area contributed by atoms with Crippen LogP contribution in [0.3, 0.4) is 0 Å². The summed E-state index contributed by atoms with van der Waals surface area (Å²) in [4.78, 5) is 44.6. The zero-order valence-electron chi connectivity index (χ0n) is 20.8. The third kappa shape index (κ3) is 7.05. The Morgan fingerprint density at radius 2 is 1.67 bits per heavy atom. The summed E-state index contributed by atoms with van der Waals surface area (Å²) in [5, 5.41) is 5.61. The van der Waals surface area contributed by atoms with E-state index in [-0.39, 0.29) is 30.7 Å². The molecule has 1 unspecified atom stereocenters. The molecular weight excluding hydrogens is 458 g/mol. The lowest BCUT2D eigenvalue weighted by molar-refractivity contribution is -0.145. The molecule has 3 amide bonds. The molecule has 2 aromatic rings. The Morgan fingerprint density at radius 3 is 2.36 bits per heavy atom. The largest absolute Gasteiger partial charge is 0.494 e. The third-order valence-electron chi connectivity index (χ3n) is 6.55. The van der Waals surface area contributed by atoms with Gasteiger partial charge in [0.25, 0.3) is 0 Å². The fourth-order valence-corrected chi connectivity index (χ4v) is 4.63. The number of hydrogen-bond acceptors (Lipinski definition) is 6. The van der Waals surface area contributed by atoms with Crippen molar-refractivity contribution in [2.24, 2.45) is 0 Å². The molecule has 1 atom stereocenters. The molecule has 2 aromatic carbocycles. The van der Waals surface area contributed by atoms with E-state index >= 15 is 0 Å². The van der Waals surface area contributed by atoms with Gasteiger partial charge in [-0.1, -0.05) is 30.3 Å². The molecule has 2 fully saturated rings. The lowest BCUT2D eigenvalue weighted by Gasteiger charge is -2.38. The summed E-state index contributed by atoms with van der Waals surface area (Å²) in [5.41, 5.74) is 1.90. The molecule has 2 N–H and O–H groups in total. The van der Waals surface area contributed by atoms with Gasteiger partial charge in [0.2, 0.25) is 17.7 Å². The maximum absolute atomic E-state index is 13.2. The maximum atomic E-state index is 13.2. The monoisotopic (exact) mass is 493 g/mol. The van der Waals surface area contributed by atoms with Crippen LogP contribution in [0.4, 0.5) is 5.69 Å². The first-order valence-corrected chi connectivity index (χ1v) is 12.6. The van der Waals surface area contributed by atoms with Crippen LogP contribution in [0.1, 0.15) is 18.9 Å². The molecule has 2 aliphatic rings. The van der Waals surface area contributed by atoms with Crippen molar-refractivity contribution in [3.8, 4) is 5.75 Å². The molecule has 2 heterocycles. The van der Waals surface area contributed by atoms with Gasteiger partial charge in [0.15, 0.2) is 0 Å². The summed E-state index contributed by atoms with van der Waals surface area (Å²) in [6, 6.07) is 16.6. The zero-order chi connectivity index (χ0) is 25.3. The third-order valence-corrected chi connectivity index (χ3v) is 6.55. The van der Waals surface area contributed by atoms with Crippen molar-refractivity contribution < 1.29 is 19.1 Å². The highest BCUT2D eigenvalue weighted by molar-refractivity contribution is 5.97. The molecule has 192 valence electrons. The second-order valence-corrected chi connectivity index (χ2v) is 9.14. The lowest BCUT2D eigenvalue weighted by Crippen LogP contribution is -2.60. The molecule has 0 saturated carbocycles. The zero-order valence-corrected chi connectivity index (χ0v) is 20.8. The average Bonchev–Trinajstić information content (AvgIpc) is 2.88. The van der Waals surface area contributed by atoms with Gasteiger partial charge in [-0.3, -0.25) is 24.2 Å². The Kier molecular flexibility index (Phi) is 8.91. The first-order chi connectivity index (χ1) is 17.5. The van der Waals surface area contributed by atoms with E-state index in [2.05, 4.69) is 32.6 Å². The first-order valence-electron chi connectivity index (χ1n) is 12.6. The van der Waals surface area contributed by atoms with Gasteiger partial charge < -0.3 is 20.3 Å². The maximum Gasteiger partial charge on any atom is 0.243 e. The van der Waals surface area contributed by atoms with Crippen LogP contribution in [0, 0.1) is 0 Å². The lowest BCUT2D eigenvalue weighted by atomic mass is 10.1. The van der Waals surface area contributed by atoms with Crippen molar-refractivity contribution in [2.45, 2.75) is 25.9 Å². The van der Waals surface area contributed by atoms with Crippen molar-refractivity contribution in [3.05, 3.63) is 60.2 Å². The van der Waals surface area contributed by atoms with Crippen LogP contribution in [-0.2, 0) is 20.9 Å². The fraction of sp³-hybridized carbons (Fsp3) is 0.444. The van der Waals surface area contributed by atoms with Gasteiger partial charge in [0.1, 0.15) is 11.8 Å². The second-order valence-electron chi connectivity index (χ2n) is 9.14. The van der Waals surface area contributed by atoms with Crippen molar-refractivity contribution in [1.82, 2.24) is 20.0 Å². The highest BCUT2D eigenvalue weighted by atomic mass is 16.5. The van der Waals surface area contributed by atoms with Crippen molar-refractivity contribution in [1.29, 1.82) is 0 Å². The number of amides is 3. The number of carbonyl (C=O) groups excluding carboxylic acids is 3. The molecular formula is C27H35N5O4. The first kappa shape index (κ1) is 25.7. The van der Waals surface area contributed by atoms with Crippen molar-refractivity contribution in [3.63, 3.8) is 0 Å². The highest BCUT2D eigenvalue weighted by Gasteiger charge is 2.35. The highest BCUT2D eigenvalue weighted by Crippen LogP contribution is 2.17. The molecule has 0 aromatic heterocycles. The summed E-state index contributed by atoms with van der Waals surface area (Å²) >= 11 is 0. The van der Waals surface area contributed by atoms with Crippen LogP contribution >= 0.6 is 0 Å². The topological polar surface area (TPSA) is 94.2 Å². The summed E-state index contributed by atoms with van der Waals surface area (Å²) in [6.45, 7) is 7.78. The predicted octanol–water partition coefficient (Wildman–Crippen LogP) is 1.56. The van der Waals surface area contributed by atoms with Crippen molar-refractivity contribution in [2.75, 3.05) is 57.7 Å². The minimum atomic E-state index is -0.812. The van der Waals surface area contributed by atoms with Gasteiger partial charge in [0, 0.05) is 51.5 Å². The standard InChI is InChI=1S/C27H35N5O4/c1-2-36-23-10-8-22(9-11-23)29-25(33)18-24-27(35)28-12-13-32(24)26(34)20-31-16-14-30(15-17-31)19-21-6-4-3-5-7-21/h3-11,24H,2,12-20H2,1H3,(H,28,35)(H,29,33). The van der Waals surface area contributed by atoms with E-state index in [0.29, 0.717) is 25.4 Å². The molecule has 36 heavy (non-hydrogen) atoms. The minimum absolute atomic E-state index is 0.0877. The van der Waals surface area contributed by atoms with Crippen LogP contribution in [0.15, 0.2) is 54.6 Å². The Labute approximate surface area is 212 Å². The Balaban J connectivity index is 1.28. The fourth-order valence-electron chi connectivity index (χ4n) is 4.63. The number of ether oxygens (including phenoxy) is 1. The molecule has 0 bridgehead atoms. The molecule has 4 rings (SSSR count). The number of rotatable bonds is 9. The molecule has 0 radical (unpaired) electrons. The Morgan fingerprint density at radius 1 is 0.972 bits per heavy atom. The molecule has 9 nitrogen and oxygen atoms in total. The molecule has 2 aliphatic heterocycles. The molecule has 2 saturated heterocycles. The van der Waals surface area contributed by atoms with Gasteiger partial charge in [-0.15, -0.1) is 0 Å². The van der Waals surface area contributed by atoms with E-state index in [9.17, 15) is 14.4 Å². The normalized spacial score (nSPS) is 19.0. The summed E-state index contributed by atoms with van der Waals surface area (Å²) < 4.78 is 5.42. The SMILES string of the molecule is CCOc1ccc(NC(=O)CC2C(=O)NCCN2C(=O)CN2CCN(Cc3ccccc3)CC2)cc1. The second kappa shape index (κ2) is 12.5. The van der Waals surface area contributed by atoms with Gasteiger partial charge in [-0.25, -0.2) is 0 Å². The quantitative estimate of drug-likeness (QED) is 0.551. The van der Waals surface area contributed by atoms with E-state index in [1.807, 2.05) is 25.1 Å². The number of piperazine rings is 2. The number of nitrogens with zero attached hydrogens (tertiary/aromatic N) is 3. The van der Waals surface area contributed by atoms with E-state index in [0.717, 1.165) is 38.5 Å². The van der Waals surface area contributed by atoms with Gasteiger partial charge in [-0.05, 0) is 36.8 Å². The average molecular weight is 494 g/mol. The van der Waals surface area contributed by atoms with Crippen LogP contribution in [0.25, 0.3) is 0 Å². The minimum Gasteiger partial charge on any atom is -0.494 e. The Hall–Kier alpha value is -3.43. The predicted molar refractivity (Wildman–Crippen MR) is 138 cm³/mol. The number of nitrogens with one attached hydrogen (secondary N) is 2. The van der Waals surface area contributed by atoms with E-state index < -0.39 is 6.04 Å². The summed E-state index contributed by atoms with van der Waals surface area (Å²) in [6.07, 6.45) is -0.0877. The number of hydrogen-bond donors (Lipinski definition) is 2. The number of carbonyl (C=O) groups is 3. The summed E-state index contributed by atoms with van der Waals surface area (Å²) in [5.74, 6) is 0.0118. The molecule has 0 aliphatic carbocycles. The van der Waals surface area contributed by atoms with Gasteiger partial charge in [0.05, 0.1) is 19.6 Å². The Bertz CT molecular complexity index is 1020. The summed E-state index contributed by atoms with van der Waals surface area (Å²) in [7, 11) is 0. The number of anilines is 1. The van der Waals surface area contributed by atoms with E-state index in [1.54, 1.807) is 29.2 Å². The van der Waals surface area contributed by atoms with Crippen LogP contribution in [0.5, 0.6) is 5.75 Å². The van der Waals surface area contributed by atoms with Gasteiger partial charge >= 0.3 is 0 Å².